The minimum absolute atomic E-state index is 0.0106. The van der Waals surface area contributed by atoms with Gasteiger partial charge >= 0.3 is 6.61 Å². The number of carbonyl (C=O) groups excluding carboxylic acids is 2. The molecule has 2 N–H and O–H groups in total. The molecule has 25 heavy (non-hydrogen) atoms. The lowest BCUT2D eigenvalue weighted by Gasteiger charge is -2.17. The zero-order valence-corrected chi connectivity index (χ0v) is 13.2. The van der Waals surface area contributed by atoms with Gasteiger partial charge in [0.2, 0.25) is 11.8 Å². The zero-order chi connectivity index (χ0) is 17.8. The maximum Gasteiger partial charge on any atom is 0.387 e. The van der Waals surface area contributed by atoms with Crippen molar-refractivity contribution in [2.75, 3.05) is 10.6 Å². The minimum atomic E-state index is -2.87. The van der Waals surface area contributed by atoms with Crippen LogP contribution in [0.5, 0.6) is 5.75 Å². The Bertz CT molecular complexity index is 791. The van der Waals surface area contributed by atoms with E-state index in [1.807, 2.05) is 6.07 Å². The number of anilines is 2. The van der Waals surface area contributed by atoms with Crippen LogP contribution in [0.3, 0.4) is 0 Å². The lowest BCUT2D eigenvalue weighted by Crippen LogP contribution is -2.19. The number of benzene rings is 2. The van der Waals surface area contributed by atoms with Crippen molar-refractivity contribution in [2.24, 2.45) is 0 Å². The molecule has 0 saturated heterocycles. The first-order valence-corrected chi connectivity index (χ1v) is 7.76. The molecule has 5 nitrogen and oxygen atoms in total. The van der Waals surface area contributed by atoms with Crippen LogP contribution in [0.4, 0.5) is 20.2 Å². The van der Waals surface area contributed by atoms with E-state index in [2.05, 4.69) is 15.4 Å². The fraction of sp³-hybridized carbons (Fsp3) is 0.222. The lowest BCUT2D eigenvalue weighted by molar-refractivity contribution is -0.117. The molecule has 2 aromatic carbocycles. The number of fused-ring (bicyclic) bond motifs is 1. The van der Waals surface area contributed by atoms with E-state index in [9.17, 15) is 18.4 Å². The average molecular weight is 346 g/mol. The summed E-state index contributed by atoms with van der Waals surface area (Å²) in [5.74, 6) is -0.179. The second-order valence-corrected chi connectivity index (χ2v) is 5.67. The molecule has 0 aliphatic carbocycles. The number of rotatable bonds is 5. The van der Waals surface area contributed by atoms with Gasteiger partial charge in [0.15, 0.2) is 0 Å². The first-order valence-electron chi connectivity index (χ1n) is 7.76. The van der Waals surface area contributed by atoms with Crippen LogP contribution in [-0.4, -0.2) is 18.4 Å². The van der Waals surface area contributed by atoms with Gasteiger partial charge in [-0.05, 0) is 47.9 Å². The first-order chi connectivity index (χ1) is 12.0. The number of amides is 2. The quantitative estimate of drug-likeness (QED) is 0.872. The second-order valence-electron chi connectivity index (χ2n) is 5.67. The van der Waals surface area contributed by atoms with E-state index in [1.165, 1.54) is 12.1 Å². The number of carbonyl (C=O) groups is 2. The number of aryl methyl sites for hydroxylation is 1. The van der Waals surface area contributed by atoms with Gasteiger partial charge in [0.1, 0.15) is 5.75 Å². The molecule has 0 aromatic heterocycles. The Balaban J connectivity index is 1.60. The Hall–Kier alpha value is -2.96. The van der Waals surface area contributed by atoms with Gasteiger partial charge in [-0.2, -0.15) is 8.78 Å². The van der Waals surface area contributed by atoms with E-state index < -0.39 is 6.61 Å². The first kappa shape index (κ1) is 16.9. The average Bonchev–Trinajstić information content (AvgIpc) is 2.56. The topological polar surface area (TPSA) is 67.4 Å². The van der Waals surface area contributed by atoms with Crippen molar-refractivity contribution in [1.29, 1.82) is 0 Å². The highest BCUT2D eigenvalue weighted by Gasteiger charge is 2.15. The maximum absolute atomic E-state index is 12.1. The third-order valence-electron chi connectivity index (χ3n) is 3.80. The SMILES string of the molecule is O=C(Cc1ccc(OC(F)F)cc1)Nc1ccc2c(c1)CCC(=O)N2. The van der Waals surface area contributed by atoms with Crippen LogP contribution >= 0.6 is 0 Å². The second kappa shape index (κ2) is 7.29. The molecule has 0 bridgehead atoms. The fourth-order valence-corrected chi connectivity index (χ4v) is 2.64. The third kappa shape index (κ3) is 4.53. The number of nitrogens with one attached hydrogen (secondary N) is 2. The van der Waals surface area contributed by atoms with E-state index in [0.717, 1.165) is 11.3 Å². The molecule has 0 saturated carbocycles. The van der Waals surface area contributed by atoms with E-state index in [-0.39, 0.29) is 24.0 Å². The highest BCUT2D eigenvalue weighted by Crippen LogP contribution is 2.25. The van der Waals surface area contributed by atoms with Crippen LogP contribution in [0.25, 0.3) is 0 Å². The van der Waals surface area contributed by atoms with Crippen LogP contribution in [0.1, 0.15) is 17.5 Å². The van der Waals surface area contributed by atoms with Gasteiger partial charge in [-0.1, -0.05) is 12.1 Å². The van der Waals surface area contributed by atoms with Gasteiger partial charge in [0.05, 0.1) is 6.42 Å². The van der Waals surface area contributed by atoms with Crippen molar-refractivity contribution in [3.05, 3.63) is 53.6 Å². The molecular weight excluding hydrogens is 330 g/mol. The summed E-state index contributed by atoms with van der Waals surface area (Å²) in [5, 5.41) is 5.58. The zero-order valence-electron chi connectivity index (χ0n) is 13.2. The number of halogens is 2. The summed E-state index contributed by atoms with van der Waals surface area (Å²) in [6.07, 6.45) is 1.18. The molecule has 2 amide bonds. The van der Waals surface area contributed by atoms with Crippen LogP contribution in [0, 0.1) is 0 Å². The molecule has 7 heteroatoms. The van der Waals surface area contributed by atoms with Crippen molar-refractivity contribution in [2.45, 2.75) is 25.9 Å². The molecule has 1 aliphatic rings. The highest BCUT2D eigenvalue weighted by molar-refractivity contribution is 5.96. The number of alkyl halides is 2. The largest absolute Gasteiger partial charge is 0.435 e. The predicted molar refractivity (Wildman–Crippen MR) is 88.8 cm³/mol. The molecule has 0 fully saturated rings. The van der Waals surface area contributed by atoms with Crippen molar-refractivity contribution in [1.82, 2.24) is 0 Å². The van der Waals surface area contributed by atoms with Gasteiger partial charge in [0, 0.05) is 17.8 Å². The monoisotopic (exact) mass is 346 g/mol. The Morgan fingerprint density at radius 3 is 2.64 bits per heavy atom. The third-order valence-corrected chi connectivity index (χ3v) is 3.80. The van der Waals surface area contributed by atoms with E-state index >= 15 is 0 Å². The summed E-state index contributed by atoms with van der Waals surface area (Å²) in [5.41, 5.74) is 3.08. The fourth-order valence-electron chi connectivity index (χ4n) is 2.64. The molecule has 130 valence electrons. The van der Waals surface area contributed by atoms with Gasteiger partial charge in [-0.15, -0.1) is 0 Å². The van der Waals surface area contributed by atoms with E-state index in [1.54, 1.807) is 24.3 Å². The van der Waals surface area contributed by atoms with Crippen molar-refractivity contribution < 1.29 is 23.1 Å². The number of ether oxygens (including phenoxy) is 1. The summed E-state index contributed by atoms with van der Waals surface area (Å²) < 4.78 is 28.5. The Morgan fingerprint density at radius 1 is 1.16 bits per heavy atom. The molecule has 1 aliphatic heterocycles. The van der Waals surface area contributed by atoms with Crippen LogP contribution in [-0.2, 0) is 22.4 Å². The summed E-state index contributed by atoms with van der Waals surface area (Å²) in [7, 11) is 0. The minimum Gasteiger partial charge on any atom is -0.435 e. The maximum atomic E-state index is 12.1. The summed E-state index contributed by atoms with van der Waals surface area (Å²) >= 11 is 0. The normalized spacial score (nSPS) is 13.2. The van der Waals surface area contributed by atoms with E-state index in [0.29, 0.717) is 24.1 Å². The molecular formula is C18H16F2N2O3. The van der Waals surface area contributed by atoms with Gasteiger partial charge in [-0.25, -0.2) is 0 Å². The van der Waals surface area contributed by atoms with Crippen molar-refractivity contribution in [3.63, 3.8) is 0 Å². The van der Waals surface area contributed by atoms with Gasteiger partial charge in [0.25, 0.3) is 0 Å². The standard InChI is InChI=1S/C18H16F2N2O3/c19-18(20)25-14-5-1-11(2-6-14)9-17(24)21-13-4-7-15-12(10-13)3-8-16(23)22-15/h1-2,4-7,10,18H,3,8-9H2,(H,21,24)(H,22,23). The molecule has 2 aromatic rings. The molecule has 0 unspecified atom stereocenters. The van der Waals surface area contributed by atoms with Gasteiger partial charge < -0.3 is 15.4 Å². The Kier molecular flexibility index (Phi) is 4.92. The van der Waals surface area contributed by atoms with Crippen LogP contribution in [0.15, 0.2) is 42.5 Å². The smallest absolute Gasteiger partial charge is 0.387 e. The number of hydrogen-bond acceptors (Lipinski definition) is 3. The number of hydrogen-bond donors (Lipinski definition) is 2. The van der Waals surface area contributed by atoms with Crippen molar-refractivity contribution >= 4 is 23.2 Å². The van der Waals surface area contributed by atoms with Crippen LogP contribution in [0.2, 0.25) is 0 Å². The predicted octanol–water partition coefficient (Wildman–Crippen LogP) is 3.35. The molecule has 3 rings (SSSR count). The van der Waals surface area contributed by atoms with Crippen LogP contribution < -0.4 is 15.4 Å². The summed E-state index contributed by atoms with van der Waals surface area (Å²) in [6, 6.07) is 11.3. The highest BCUT2D eigenvalue weighted by atomic mass is 19.3. The van der Waals surface area contributed by atoms with E-state index in [4.69, 9.17) is 0 Å². The Labute approximate surface area is 143 Å². The molecule has 0 atom stereocenters. The molecule has 1 heterocycles. The van der Waals surface area contributed by atoms with Crippen molar-refractivity contribution in [3.8, 4) is 5.75 Å². The summed E-state index contributed by atoms with van der Waals surface area (Å²) in [4.78, 5) is 23.5. The Morgan fingerprint density at radius 2 is 1.92 bits per heavy atom. The van der Waals surface area contributed by atoms with Gasteiger partial charge in [-0.3, -0.25) is 9.59 Å². The molecule has 0 spiro atoms. The summed E-state index contributed by atoms with van der Waals surface area (Å²) in [6.45, 7) is -2.87. The lowest BCUT2D eigenvalue weighted by atomic mass is 10.0. The molecule has 0 radical (unpaired) electrons.